The van der Waals surface area contributed by atoms with Crippen LogP contribution in [0.4, 0.5) is 0 Å². The molecule has 14 heavy (non-hydrogen) atoms. The van der Waals surface area contributed by atoms with Gasteiger partial charge in [0.1, 0.15) is 5.72 Å². The van der Waals surface area contributed by atoms with Crippen molar-refractivity contribution in [1.82, 2.24) is 4.90 Å². The second kappa shape index (κ2) is 4.55. The molecule has 2 N–H and O–H groups in total. The van der Waals surface area contributed by atoms with Crippen molar-refractivity contribution in [2.24, 2.45) is 0 Å². The van der Waals surface area contributed by atoms with Crippen LogP contribution in [0.3, 0.4) is 0 Å². The number of aliphatic hydroxyl groups is 2. The van der Waals surface area contributed by atoms with Crippen molar-refractivity contribution >= 4 is 0 Å². The van der Waals surface area contributed by atoms with Gasteiger partial charge in [0.15, 0.2) is 0 Å². The van der Waals surface area contributed by atoms with E-state index in [0.717, 1.165) is 5.56 Å². The van der Waals surface area contributed by atoms with Crippen molar-refractivity contribution in [3.63, 3.8) is 0 Å². The van der Waals surface area contributed by atoms with E-state index in [2.05, 4.69) is 0 Å². The van der Waals surface area contributed by atoms with E-state index >= 15 is 0 Å². The molecule has 0 spiro atoms. The zero-order valence-electron chi connectivity index (χ0n) is 8.64. The van der Waals surface area contributed by atoms with Gasteiger partial charge >= 0.3 is 0 Å². The van der Waals surface area contributed by atoms with Gasteiger partial charge < -0.3 is 10.2 Å². The van der Waals surface area contributed by atoms with Gasteiger partial charge in [0.05, 0.1) is 0 Å². The van der Waals surface area contributed by atoms with E-state index in [9.17, 15) is 5.11 Å². The molecule has 0 aromatic heterocycles. The Kier molecular flexibility index (Phi) is 3.63. The first kappa shape index (κ1) is 11.2. The van der Waals surface area contributed by atoms with E-state index < -0.39 is 5.72 Å². The average Bonchev–Trinajstić information content (AvgIpc) is 2.19. The van der Waals surface area contributed by atoms with E-state index in [4.69, 9.17) is 5.11 Å². The van der Waals surface area contributed by atoms with Gasteiger partial charge in [-0.25, -0.2) is 0 Å². The van der Waals surface area contributed by atoms with Crippen molar-refractivity contribution in [3.05, 3.63) is 35.9 Å². The van der Waals surface area contributed by atoms with Crippen molar-refractivity contribution in [3.8, 4) is 0 Å². The normalized spacial score (nSPS) is 15.5. The van der Waals surface area contributed by atoms with Gasteiger partial charge in [-0.15, -0.1) is 0 Å². The molecular formula is C11H17NO2. The minimum absolute atomic E-state index is 0.0381. The predicted octanol–water partition coefficient (Wildman–Crippen LogP) is 0.776. The van der Waals surface area contributed by atoms with Crippen molar-refractivity contribution in [2.45, 2.75) is 12.1 Å². The van der Waals surface area contributed by atoms with Gasteiger partial charge in [0, 0.05) is 13.0 Å². The Morgan fingerprint density at radius 3 is 2.21 bits per heavy atom. The quantitative estimate of drug-likeness (QED) is 0.698. The zero-order chi connectivity index (χ0) is 10.6. The van der Waals surface area contributed by atoms with Crippen LogP contribution in [0.1, 0.15) is 12.0 Å². The molecule has 0 aliphatic rings. The van der Waals surface area contributed by atoms with Crippen LogP contribution < -0.4 is 0 Å². The highest BCUT2D eigenvalue weighted by atomic mass is 16.3. The third-order valence-electron chi connectivity index (χ3n) is 2.44. The zero-order valence-corrected chi connectivity index (χ0v) is 8.64. The fraction of sp³-hybridized carbons (Fsp3) is 0.455. The van der Waals surface area contributed by atoms with Gasteiger partial charge in [0.2, 0.25) is 0 Å². The molecule has 1 unspecified atom stereocenters. The molecule has 0 heterocycles. The second-order valence-electron chi connectivity index (χ2n) is 3.55. The van der Waals surface area contributed by atoms with Crippen LogP contribution in [0.5, 0.6) is 0 Å². The first-order valence-corrected chi connectivity index (χ1v) is 4.67. The lowest BCUT2D eigenvalue weighted by Crippen LogP contribution is -2.42. The van der Waals surface area contributed by atoms with E-state index in [1.54, 1.807) is 19.0 Å². The summed E-state index contributed by atoms with van der Waals surface area (Å²) in [5.41, 5.74) is -0.269. The topological polar surface area (TPSA) is 43.7 Å². The van der Waals surface area contributed by atoms with Gasteiger partial charge in [-0.2, -0.15) is 0 Å². The van der Waals surface area contributed by atoms with E-state index in [0.29, 0.717) is 6.42 Å². The molecule has 1 aromatic rings. The molecule has 0 fully saturated rings. The fourth-order valence-electron chi connectivity index (χ4n) is 1.49. The monoisotopic (exact) mass is 195 g/mol. The van der Waals surface area contributed by atoms with Crippen LogP contribution in [0.15, 0.2) is 30.3 Å². The molecule has 78 valence electrons. The first-order valence-electron chi connectivity index (χ1n) is 4.67. The maximum atomic E-state index is 10.3. The van der Waals surface area contributed by atoms with Gasteiger partial charge in [-0.1, -0.05) is 30.3 Å². The Bertz CT molecular complexity index is 274. The smallest absolute Gasteiger partial charge is 0.146 e. The Labute approximate surface area is 84.6 Å². The Hall–Kier alpha value is -0.900. The van der Waals surface area contributed by atoms with Crippen LogP contribution in [0.2, 0.25) is 0 Å². The minimum Gasteiger partial charge on any atom is -0.396 e. The lowest BCUT2D eigenvalue weighted by Gasteiger charge is -2.34. The van der Waals surface area contributed by atoms with E-state index in [-0.39, 0.29) is 6.61 Å². The largest absolute Gasteiger partial charge is 0.396 e. The number of nitrogens with zero attached hydrogens (tertiary/aromatic N) is 1. The summed E-state index contributed by atoms with van der Waals surface area (Å²) < 4.78 is 0. The number of hydrogen-bond donors (Lipinski definition) is 2. The van der Waals surface area contributed by atoms with Gasteiger partial charge in [-0.3, -0.25) is 4.90 Å². The predicted molar refractivity (Wildman–Crippen MR) is 55.7 cm³/mol. The summed E-state index contributed by atoms with van der Waals surface area (Å²) in [6.07, 6.45) is 0.310. The highest BCUT2D eigenvalue weighted by Crippen LogP contribution is 2.26. The van der Waals surface area contributed by atoms with Crippen LogP contribution in [0.25, 0.3) is 0 Å². The molecule has 0 saturated heterocycles. The molecule has 0 saturated carbocycles. The van der Waals surface area contributed by atoms with E-state index in [1.165, 1.54) is 0 Å². The lowest BCUT2D eigenvalue weighted by molar-refractivity contribution is -0.104. The van der Waals surface area contributed by atoms with Crippen molar-refractivity contribution < 1.29 is 10.2 Å². The van der Waals surface area contributed by atoms with Crippen LogP contribution >= 0.6 is 0 Å². The van der Waals surface area contributed by atoms with Crippen molar-refractivity contribution in [2.75, 3.05) is 20.7 Å². The third kappa shape index (κ3) is 2.12. The molecule has 3 nitrogen and oxygen atoms in total. The Balaban J connectivity index is 2.99. The highest BCUT2D eigenvalue weighted by Gasteiger charge is 2.30. The standard InChI is InChI=1S/C11H17NO2/c1-12(2)11(14,8-9-13)10-6-4-3-5-7-10/h3-7,13-14H,8-9H2,1-2H3. The summed E-state index contributed by atoms with van der Waals surface area (Å²) in [6.45, 7) is -0.0381. The fourth-order valence-corrected chi connectivity index (χ4v) is 1.49. The molecule has 1 atom stereocenters. The molecule has 3 heteroatoms. The number of benzene rings is 1. The molecule has 0 aliphatic heterocycles. The molecule has 0 radical (unpaired) electrons. The third-order valence-corrected chi connectivity index (χ3v) is 2.44. The highest BCUT2D eigenvalue weighted by molar-refractivity contribution is 5.21. The van der Waals surface area contributed by atoms with Crippen LogP contribution in [0, 0.1) is 0 Å². The molecule has 0 bridgehead atoms. The lowest BCUT2D eigenvalue weighted by atomic mass is 9.98. The van der Waals surface area contributed by atoms with Gasteiger partial charge in [-0.05, 0) is 19.7 Å². The maximum Gasteiger partial charge on any atom is 0.146 e. The minimum atomic E-state index is -1.07. The summed E-state index contributed by atoms with van der Waals surface area (Å²) in [4.78, 5) is 1.71. The van der Waals surface area contributed by atoms with E-state index in [1.807, 2.05) is 30.3 Å². The summed E-state index contributed by atoms with van der Waals surface area (Å²) in [5, 5.41) is 19.3. The number of hydrogen-bond acceptors (Lipinski definition) is 3. The Morgan fingerprint density at radius 2 is 1.79 bits per heavy atom. The van der Waals surface area contributed by atoms with Crippen molar-refractivity contribution in [1.29, 1.82) is 0 Å². The summed E-state index contributed by atoms with van der Waals surface area (Å²) in [6, 6.07) is 9.37. The first-order chi connectivity index (χ1) is 6.61. The molecule has 0 amide bonds. The SMILES string of the molecule is CN(C)C(O)(CCO)c1ccccc1. The molecule has 1 rings (SSSR count). The molecule has 1 aromatic carbocycles. The summed E-state index contributed by atoms with van der Waals surface area (Å²) in [7, 11) is 3.59. The summed E-state index contributed by atoms with van der Waals surface area (Å²) in [5.74, 6) is 0. The maximum absolute atomic E-state index is 10.3. The average molecular weight is 195 g/mol. The Morgan fingerprint density at radius 1 is 1.21 bits per heavy atom. The second-order valence-corrected chi connectivity index (χ2v) is 3.55. The number of rotatable bonds is 4. The summed E-state index contributed by atoms with van der Waals surface area (Å²) >= 11 is 0. The number of aliphatic hydroxyl groups excluding tert-OH is 1. The van der Waals surface area contributed by atoms with Gasteiger partial charge in [0.25, 0.3) is 0 Å². The van der Waals surface area contributed by atoms with Crippen LogP contribution in [-0.2, 0) is 5.72 Å². The molecular weight excluding hydrogens is 178 g/mol. The molecule has 0 aliphatic carbocycles. The van der Waals surface area contributed by atoms with Crippen LogP contribution in [-0.4, -0.2) is 35.8 Å².